The zero-order chi connectivity index (χ0) is 17.1. The van der Waals surface area contributed by atoms with E-state index in [9.17, 15) is 9.90 Å². The van der Waals surface area contributed by atoms with Crippen LogP contribution < -0.4 is 5.32 Å². The van der Waals surface area contributed by atoms with E-state index in [1.165, 1.54) is 11.1 Å². The summed E-state index contributed by atoms with van der Waals surface area (Å²) in [5.74, 6) is -0.851. The molecule has 1 aliphatic heterocycles. The lowest BCUT2D eigenvalue weighted by Gasteiger charge is -2.26. The molecule has 0 spiro atoms. The van der Waals surface area contributed by atoms with Gasteiger partial charge in [0.25, 0.3) is 0 Å². The van der Waals surface area contributed by atoms with Crippen LogP contribution in [0.25, 0.3) is 10.9 Å². The zero-order valence-electron chi connectivity index (χ0n) is 14.6. The van der Waals surface area contributed by atoms with Gasteiger partial charge in [0.05, 0.1) is 11.1 Å². The van der Waals surface area contributed by atoms with Crippen LogP contribution >= 0.6 is 0 Å². The number of benzene rings is 1. The maximum atomic E-state index is 11.4. The van der Waals surface area contributed by atoms with Crippen molar-refractivity contribution in [3.8, 4) is 0 Å². The van der Waals surface area contributed by atoms with Gasteiger partial charge < -0.3 is 19.9 Å². The average Bonchev–Trinajstić information content (AvgIpc) is 2.94. The maximum absolute atomic E-state index is 11.4. The second-order valence-corrected chi connectivity index (χ2v) is 6.63. The number of piperazine rings is 1. The van der Waals surface area contributed by atoms with Gasteiger partial charge in [-0.1, -0.05) is 0 Å². The van der Waals surface area contributed by atoms with Crippen molar-refractivity contribution in [2.45, 2.75) is 33.2 Å². The number of carboxylic acids is 1. The number of aryl methyl sites for hydroxylation is 3. The second-order valence-electron chi connectivity index (χ2n) is 6.63. The summed E-state index contributed by atoms with van der Waals surface area (Å²) in [6.45, 7) is 10.6. The number of fused-ring (bicyclic) bond motifs is 1. The van der Waals surface area contributed by atoms with E-state index in [0.29, 0.717) is 5.56 Å². The van der Waals surface area contributed by atoms with Crippen LogP contribution in [0.3, 0.4) is 0 Å². The van der Waals surface area contributed by atoms with E-state index in [4.69, 9.17) is 0 Å². The predicted octanol–water partition coefficient (Wildman–Crippen LogP) is 2.51. The molecule has 0 bridgehead atoms. The summed E-state index contributed by atoms with van der Waals surface area (Å²) >= 11 is 0. The van der Waals surface area contributed by atoms with Crippen molar-refractivity contribution in [2.75, 3.05) is 32.7 Å². The van der Waals surface area contributed by atoms with Gasteiger partial charge in [-0.3, -0.25) is 0 Å². The Labute approximate surface area is 143 Å². The number of aromatic carboxylic acids is 1. The van der Waals surface area contributed by atoms with Crippen LogP contribution in [0, 0.1) is 6.92 Å². The van der Waals surface area contributed by atoms with Gasteiger partial charge in [0.15, 0.2) is 0 Å². The van der Waals surface area contributed by atoms with Crippen LogP contribution in [-0.4, -0.2) is 53.3 Å². The Hall–Kier alpha value is -1.85. The Kier molecular flexibility index (Phi) is 5.21. The van der Waals surface area contributed by atoms with E-state index in [1.807, 2.05) is 13.0 Å². The summed E-state index contributed by atoms with van der Waals surface area (Å²) in [6, 6.07) is 3.62. The third-order valence-corrected chi connectivity index (χ3v) is 4.96. The van der Waals surface area contributed by atoms with Crippen LogP contribution in [0.15, 0.2) is 18.3 Å². The van der Waals surface area contributed by atoms with E-state index in [1.54, 1.807) is 6.07 Å². The van der Waals surface area contributed by atoms with Crippen molar-refractivity contribution in [1.29, 1.82) is 0 Å². The molecule has 1 aliphatic rings. The molecule has 0 amide bonds. The van der Waals surface area contributed by atoms with E-state index >= 15 is 0 Å². The third kappa shape index (κ3) is 3.47. The fraction of sp³-hybridized carbons (Fsp3) is 0.526. The molecular weight excluding hydrogens is 302 g/mol. The van der Waals surface area contributed by atoms with Crippen molar-refractivity contribution in [1.82, 2.24) is 14.8 Å². The average molecular weight is 329 g/mol. The summed E-state index contributed by atoms with van der Waals surface area (Å²) in [7, 11) is 0. The van der Waals surface area contributed by atoms with Gasteiger partial charge in [0, 0.05) is 44.3 Å². The molecule has 2 heterocycles. The van der Waals surface area contributed by atoms with Crippen molar-refractivity contribution in [3.05, 3.63) is 35.0 Å². The third-order valence-electron chi connectivity index (χ3n) is 4.96. The lowest BCUT2D eigenvalue weighted by molar-refractivity contribution is 0.0697. The number of carbonyl (C=O) groups is 1. The number of carboxylic acid groups (broad SMARTS) is 1. The number of aromatic nitrogens is 1. The zero-order valence-corrected chi connectivity index (χ0v) is 14.6. The van der Waals surface area contributed by atoms with Crippen molar-refractivity contribution in [3.63, 3.8) is 0 Å². The monoisotopic (exact) mass is 329 g/mol. The molecule has 2 N–H and O–H groups in total. The van der Waals surface area contributed by atoms with Gasteiger partial charge in [-0.05, 0) is 56.5 Å². The molecule has 3 rings (SSSR count). The Bertz CT molecular complexity index is 730. The highest BCUT2D eigenvalue weighted by atomic mass is 16.4. The number of hydrogen-bond donors (Lipinski definition) is 2. The Morgan fingerprint density at radius 2 is 2.04 bits per heavy atom. The highest BCUT2D eigenvalue weighted by molar-refractivity contribution is 5.96. The van der Waals surface area contributed by atoms with Crippen molar-refractivity contribution < 1.29 is 9.90 Å². The summed E-state index contributed by atoms with van der Waals surface area (Å²) in [5.41, 5.74) is 3.88. The molecule has 24 heavy (non-hydrogen) atoms. The molecule has 0 radical (unpaired) electrons. The molecule has 5 heteroatoms. The predicted molar refractivity (Wildman–Crippen MR) is 96.9 cm³/mol. The first-order valence-electron chi connectivity index (χ1n) is 8.89. The van der Waals surface area contributed by atoms with Gasteiger partial charge in [-0.2, -0.15) is 0 Å². The number of nitrogens with one attached hydrogen (secondary N) is 1. The molecule has 0 atom stereocenters. The minimum Gasteiger partial charge on any atom is -0.478 e. The summed E-state index contributed by atoms with van der Waals surface area (Å²) < 4.78 is 2.25. The van der Waals surface area contributed by atoms with E-state index in [2.05, 4.69) is 27.9 Å². The Morgan fingerprint density at radius 1 is 1.29 bits per heavy atom. The van der Waals surface area contributed by atoms with Gasteiger partial charge in [-0.25, -0.2) is 4.79 Å². The number of rotatable bonds is 6. The Morgan fingerprint density at radius 3 is 2.71 bits per heavy atom. The molecule has 1 fully saturated rings. The molecule has 1 saturated heterocycles. The topological polar surface area (TPSA) is 57.5 Å². The molecule has 2 aromatic rings. The van der Waals surface area contributed by atoms with Crippen LogP contribution in [0.5, 0.6) is 0 Å². The van der Waals surface area contributed by atoms with Crippen molar-refractivity contribution in [2.24, 2.45) is 0 Å². The van der Waals surface area contributed by atoms with E-state index < -0.39 is 5.97 Å². The SMILES string of the molecule is CCn1cc(CCCN2CCNCC2)c2cc(C(=O)O)cc(C)c21. The van der Waals surface area contributed by atoms with Crippen LogP contribution in [0.2, 0.25) is 0 Å². The minimum atomic E-state index is -0.851. The van der Waals surface area contributed by atoms with Gasteiger partial charge in [0.2, 0.25) is 0 Å². The smallest absolute Gasteiger partial charge is 0.335 e. The van der Waals surface area contributed by atoms with Crippen LogP contribution in [-0.2, 0) is 13.0 Å². The lowest BCUT2D eigenvalue weighted by Crippen LogP contribution is -2.43. The first kappa shape index (κ1) is 17.0. The first-order valence-corrected chi connectivity index (χ1v) is 8.89. The highest BCUT2D eigenvalue weighted by Crippen LogP contribution is 2.27. The number of nitrogens with zero attached hydrogens (tertiary/aromatic N) is 2. The molecule has 1 aromatic heterocycles. The molecule has 0 unspecified atom stereocenters. The second kappa shape index (κ2) is 7.36. The van der Waals surface area contributed by atoms with E-state index in [-0.39, 0.29) is 0 Å². The summed E-state index contributed by atoms with van der Waals surface area (Å²) in [6.07, 6.45) is 4.32. The largest absolute Gasteiger partial charge is 0.478 e. The maximum Gasteiger partial charge on any atom is 0.335 e. The van der Waals surface area contributed by atoms with E-state index in [0.717, 1.165) is 63.1 Å². The van der Waals surface area contributed by atoms with Crippen molar-refractivity contribution >= 4 is 16.9 Å². The standard InChI is InChI=1S/C19H27N3O2/c1-3-22-13-15(5-4-8-21-9-6-20-7-10-21)17-12-16(19(23)24)11-14(2)18(17)22/h11-13,20H,3-10H2,1-2H3,(H,23,24). The fourth-order valence-corrected chi connectivity index (χ4v) is 3.73. The van der Waals surface area contributed by atoms with Gasteiger partial charge in [-0.15, -0.1) is 0 Å². The number of hydrogen-bond acceptors (Lipinski definition) is 3. The van der Waals surface area contributed by atoms with Gasteiger partial charge in [0.1, 0.15) is 0 Å². The molecule has 0 aliphatic carbocycles. The van der Waals surface area contributed by atoms with Crippen LogP contribution in [0.4, 0.5) is 0 Å². The summed E-state index contributed by atoms with van der Waals surface area (Å²) in [5, 5.41) is 13.8. The molecule has 1 aromatic carbocycles. The lowest BCUT2D eigenvalue weighted by atomic mass is 10.0. The molecule has 5 nitrogen and oxygen atoms in total. The quantitative estimate of drug-likeness (QED) is 0.855. The first-order chi connectivity index (χ1) is 11.6. The van der Waals surface area contributed by atoms with Gasteiger partial charge >= 0.3 is 5.97 Å². The molecule has 0 saturated carbocycles. The highest BCUT2D eigenvalue weighted by Gasteiger charge is 2.15. The summed E-state index contributed by atoms with van der Waals surface area (Å²) in [4.78, 5) is 13.9. The molecule has 130 valence electrons. The normalized spacial score (nSPS) is 15.9. The minimum absolute atomic E-state index is 0.386. The molecular formula is C19H27N3O2. The fourth-order valence-electron chi connectivity index (χ4n) is 3.73. The Balaban J connectivity index is 1.82. The van der Waals surface area contributed by atoms with Crippen LogP contribution in [0.1, 0.15) is 34.8 Å².